The number of alkyl halides is 6. The minimum absolute atomic E-state index is 0.118. The third kappa shape index (κ3) is 6.60. The lowest BCUT2D eigenvalue weighted by molar-refractivity contribution is -0.201. The molecule has 0 radical (unpaired) electrons. The molecule has 0 saturated carbocycles. The topological polar surface area (TPSA) is 35.9 Å². The number of hydrogen-bond acceptors (Lipinski definition) is 4. The van der Waals surface area contributed by atoms with Crippen LogP contribution in [0.5, 0.6) is 5.75 Å². The summed E-state index contributed by atoms with van der Waals surface area (Å²) in [4.78, 5) is 2.68. The normalized spacial score (nSPS) is 13.7. The Bertz CT molecular complexity index is 1150. The van der Waals surface area contributed by atoms with Crippen LogP contribution in [0.2, 0.25) is 0 Å². The van der Waals surface area contributed by atoms with Crippen LogP contribution >= 0.6 is 0 Å². The van der Waals surface area contributed by atoms with E-state index in [0.717, 1.165) is 11.0 Å². The van der Waals surface area contributed by atoms with Crippen LogP contribution in [0.3, 0.4) is 0 Å². The molecule has 0 aliphatic carbocycles. The highest BCUT2D eigenvalue weighted by Gasteiger charge is 2.41. The number of nitrogens with zero attached hydrogens (tertiary/aromatic N) is 2. The smallest absolute Gasteiger partial charge is 0.416 e. The number of rotatable bonds is 8. The second kappa shape index (κ2) is 10.7. The Hall–Kier alpha value is -3.47. The fourth-order valence-corrected chi connectivity index (χ4v) is 3.41. The van der Waals surface area contributed by atoms with Crippen molar-refractivity contribution in [2.24, 2.45) is 0 Å². The number of halogens is 7. The Kier molecular flexibility index (Phi) is 8.02. The van der Waals surface area contributed by atoms with Crippen LogP contribution in [0, 0.1) is 5.82 Å². The minimum Gasteiger partial charge on any atom is -0.466 e. The largest absolute Gasteiger partial charge is 0.466 e. The highest BCUT2D eigenvalue weighted by molar-refractivity contribution is 5.52. The molecule has 2 unspecified atom stereocenters. The van der Waals surface area contributed by atoms with Gasteiger partial charge in [0.2, 0.25) is 6.23 Å². The van der Waals surface area contributed by atoms with Gasteiger partial charge in [-0.05, 0) is 42.5 Å². The van der Waals surface area contributed by atoms with E-state index in [0.29, 0.717) is 11.8 Å². The van der Waals surface area contributed by atoms with Gasteiger partial charge in [0.1, 0.15) is 11.6 Å². The van der Waals surface area contributed by atoms with Gasteiger partial charge in [-0.25, -0.2) is 4.39 Å². The number of hydrogen-bond donors (Lipinski definition) is 1. The first-order valence-electron chi connectivity index (χ1n) is 10.6. The number of anilines is 2. The second-order valence-corrected chi connectivity index (χ2v) is 8.14. The van der Waals surface area contributed by atoms with Gasteiger partial charge in [0.25, 0.3) is 0 Å². The van der Waals surface area contributed by atoms with Crippen LogP contribution in [0.25, 0.3) is 0 Å². The van der Waals surface area contributed by atoms with Crippen molar-refractivity contribution in [2.75, 3.05) is 30.4 Å². The number of para-hydroxylation sites is 1. The molecule has 0 aliphatic heterocycles. The molecule has 0 heterocycles. The van der Waals surface area contributed by atoms with Gasteiger partial charge in [0.15, 0.2) is 6.10 Å². The van der Waals surface area contributed by atoms with Crippen molar-refractivity contribution < 1.29 is 40.6 Å². The summed E-state index contributed by atoms with van der Waals surface area (Å²) in [6.45, 7) is -1.08. The monoisotopic (exact) mass is 516 g/mol. The van der Waals surface area contributed by atoms with Gasteiger partial charge in [-0.2, -0.15) is 26.3 Å². The third-order valence-electron chi connectivity index (χ3n) is 5.29. The molecule has 0 bridgehead atoms. The molecular formula is C25H23F7N2O2. The van der Waals surface area contributed by atoms with E-state index in [1.807, 2.05) is 0 Å². The molecule has 0 fully saturated rings. The highest BCUT2D eigenvalue weighted by atomic mass is 19.4. The molecule has 0 aromatic heterocycles. The van der Waals surface area contributed by atoms with Gasteiger partial charge in [0, 0.05) is 37.1 Å². The summed E-state index contributed by atoms with van der Waals surface area (Å²) in [5.41, 5.74) is -0.940. The van der Waals surface area contributed by atoms with Crippen molar-refractivity contribution in [3.05, 3.63) is 89.7 Å². The van der Waals surface area contributed by atoms with E-state index in [9.17, 15) is 31.4 Å². The average molecular weight is 516 g/mol. The Morgan fingerprint density at radius 3 is 2.03 bits per heavy atom. The van der Waals surface area contributed by atoms with Crippen LogP contribution in [0.4, 0.5) is 42.1 Å². The van der Waals surface area contributed by atoms with E-state index in [-0.39, 0.29) is 17.5 Å². The summed E-state index contributed by atoms with van der Waals surface area (Å²) in [7, 11) is 3.48. The van der Waals surface area contributed by atoms with Crippen LogP contribution in [-0.4, -0.2) is 38.0 Å². The first kappa shape index (κ1) is 27.1. The van der Waals surface area contributed by atoms with Gasteiger partial charge >= 0.3 is 12.4 Å². The molecule has 3 aromatic rings. The Morgan fingerprint density at radius 1 is 0.833 bits per heavy atom. The lowest BCUT2D eigenvalue weighted by Gasteiger charge is -2.36. The zero-order valence-electron chi connectivity index (χ0n) is 19.2. The molecule has 0 amide bonds. The van der Waals surface area contributed by atoms with E-state index < -0.39 is 48.2 Å². The van der Waals surface area contributed by atoms with E-state index in [2.05, 4.69) is 0 Å². The maximum Gasteiger partial charge on any atom is 0.416 e. The minimum atomic E-state index is -5.01. The predicted octanol–water partition coefficient (Wildman–Crippen LogP) is 6.42. The lowest BCUT2D eigenvalue weighted by Crippen LogP contribution is -2.44. The molecule has 0 saturated heterocycles. The molecule has 2 atom stereocenters. The zero-order chi connectivity index (χ0) is 26.7. The SMILES string of the molecule is CN(C)c1cccc(OC(c2ccc(C(F)(F)F)cc2F)N(CC(O)C(F)(F)F)c2ccccc2)c1. The fourth-order valence-electron chi connectivity index (χ4n) is 3.41. The van der Waals surface area contributed by atoms with Crippen LogP contribution < -0.4 is 14.5 Å². The second-order valence-electron chi connectivity index (χ2n) is 8.14. The quantitative estimate of drug-likeness (QED) is 0.277. The molecule has 11 heteroatoms. The van der Waals surface area contributed by atoms with Crippen molar-refractivity contribution in [3.63, 3.8) is 0 Å². The van der Waals surface area contributed by atoms with Crippen LogP contribution in [0.1, 0.15) is 17.4 Å². The van der Waals surface area contributed by atoms with E-state index >= 15 is 4.39 Å². The fraction of sp³-hybridized carbons (Fsp3) is 0.280. The first-order valence-corrected chi connectivity index (χ1v) is 10.6. The van der Waals surface area contributed by atoms with E-state index in [1.54, 1.807) is 43.3 Å². The Morgan fingerprint density at radius 2 is 1.47 bits per heavy atom. The van der Waals surface area contributed by atoms with E-state index in [1.165, 1.54) is 30.3 Å². The molecule has 3 aromatic carbocycles. The van der Waals surface area contributed by atoms with Gasteiger partial charge in [-0.3, -0.25) is 0 Å². The zero-order valence-corrected chi connectivity index (χ0v) is 19.2. The average Bonchev–Trinajstić information content (AvgIpc) is 2.80. The maximum atomic E-state index is 15.1. The van der Waals surface area contributed by atoms with Crippen LogP contribution in [-0.2, 0) is 6.18 Å². The van der Waals surface area contributed by atoms with Crippen molar-refractivity contribution in [2.45, 2.75) is 24.7 Å². The van der Waals surface area contributed by atoms with Gasteiger partial charge < -0.3 is 19.6 Å². The van der Waals surface area contributed by atoms with Crippen LogP contribution in [0.15, 0.2) is 72.8 Å². The summed E-state index contributed by atoms with van der Waals surface area (Å²) < 4.78 is 100. The van der Waals surface area contributed by atoms with Gasteiger partial charge in [-0.1, -0.05) is 24.3 Å². The van der Waals surface area contributed by atoms with Gasteiger partial charge in [0.05, 0.1) is 12.1 Å². The number of aliphatic hydroxyl groups is 1. The third-order valence-corrected chi connectivity index (χ3v) is 5.29. The molecule has 4 nitrogen and oxygen atoms in total. The summed E-state index contributed by atoms with van der Waals surface area (Å²) in [5.74, 6) is -1.21. The number of aliphatic hydroxyl groups excluding tert-OH is 1. The molecule has 3 rings (SSSR count). The molecule has 0 aliphatic rings. The summed E-state index contributed by atoms with van der Waals surface area (Å²) in [5, 5.41) is 9.84. The standard InChI is InChI=1S/C25H23F7N2O2/c1-33(2)18-9-6-10-19(14-18)36-23(20-12-11-16(13-21(20)26)24(27,28)29)34(15-22(35)25(30,31)32)17-7-4-3-5-8-17/h3-14,22-23,35H,15H2,1-2H3. The lowest BCUT2D eigenvalue weighted by atomic mass is 10.1. The summed E-state index contributed by atoms with van der Waals surface area (Å²) in [6.07, 6.45) is -14.4. The summed E-state index contributed by atoms with van der Waals surface area (Å²) >= 11 is 0. The van der Waals surface area contributed by atoms with Crippen molar-refractivity contribution in [1.82, 2.24) is 0 Å². The van der Waals surface area contributed by atoms with Crippen molar-refractivity contribution in [3.8, 4) is 5.75 Å². The molecule has 1 N–H and O–H groups in total. The maximum absolute atomic E-state index is 15.1. The van der Waals surface area contributed by atoms with E-state index in [4.69, 9.17) is 4.74 Å². The number of benzene rings is 3. The number of ether oxygens (including phenoxy) is 1. The first-order chi connectivity index (χ1) is 16.8. The predicted molar refractivity (Wildman–Crippen MR) is 121 cm³/mol. The highest BCUT2D eigenvalue weighted by Crippen LogP contribution is 2.37. The Labute approximate surface area is 203 Å². The van der Waals surface area contributed by atoms with Crippen molar-refractivity contribution in [1.29, 1.82) is 0 Å². The molecular weight excluding hydrogens is 493 g/mol. The molecule has 0 spiro atoms. The molecule has 36 heavy (non-hydrogen) atoms. The molecule has 194 valence electrons. The Balaban J connectivity index is 2.16. The van der Waals surface area contributed by atoms with Crippen molar-refractivity contribution >= 4 is 11.4 Å². The van der Waals surface area contributed by atoms with Gasteiger partial charge in [-0.15, -0.1) is 0 Å². The summed E-state index contributed by atoms with van der Waals surface area (Å²) in [6, 6.07) is 15.5.